The van der Waals surface area contributed by atoms with Crippen LogP contribution in [-0.4, -0.2) is 52.8 Å². The number of ether oxygens (including phenoxy) is 1. The van der Waals surface area contributed by atoms with E-state index in [1.807, 2.05) is 0 Å². The molecule has 1 aromatic heterocycles. The van der Waals surface area contributed by atoms with Crippen LogP contribution in [-0.2, 0) is 4.74 Å². The Kier molecular flexibility index (Phi) is 3.58. The number of carbonyl (C=O) groups is 1. The van der Waals surface area contributed by atoms with Gasteiger partial charge in [0.15, 0.2) is 0 Å². The van der Waals surface area contributed by atoms with E-state index in [4.69, 9.17) is 10.5 Å². The van der Waals surface area contributed by atoms with Crippen molar-refractivity contribution in [3.8, 4) is 0 Å². The van der Waals surface area contributed by atoms with Crippen molar-refractivity contribution in [2.75, 3.05) is 32.5 Å². The SMILES string of the molecule is COCC1CCN(C(=O)c2nc(N)n[nH]2)CC1. The molecule has 0 radical (unpaired) electrons. The number of piperidine rings is 1. The third kappa shape index (κ3) is 2.73. The largest absolute Gasteiger partial charge is 0.384 e. The van der Waals surface area contributed by atoms with Gasteiger partial charge in [0.2, 0.25) is 11.8 Å². The van der Waals surface area contributed by atoms with E-state index in [1.165, 1.54) is 0 Å². The highest BCUT2D eigenvalue weighted by atomic mass is 16.5. The summed E-state index contributed by atoms with van der Waals surface area (Å²) in [4.78, 5) is 17.6. The van der Waals surface area contributed by atoms with E-state index < -0.39 is 0 Å². The topological polar surface area (TPSA) is 97.1 Å². The first kappa shape index (κ1) is 11.8. The smallest absolute Gasteiger partial charge is 0.291 e. The van der Waals surface area contributed by atoms with Gasteiger partial charge in [-0.05, 0) is 18.8 Å². The number of amides is 1. The van der Waals surface area contributed by atoms with Crippen LogP contribution in [0.2, 0.25) is 0 Å². The number of nitrogen functional groups attached to an aromatic ring is 1. The lowest BCUT2D eigenvalue weighted by Crippen LogP contribution is -2.39. The summed E-state index contributed by atoms with van der Waals surface area (Å²) in [5.41, 5.74) is 5.37. The number of aromatic nitrogens is 3. The van der Waals surface area contributed by atoms with Crippen LogP contribution in [0, 0.1) is 5.92 Å². The van der Waals surface area contributed by atoms with Gasteiger partial charge in [-0.3, -0.25) is 9.89 Å². The highest BCUT2D eigenvalue weighted by Crippen LogP contribution is 2.18. The summed E-state index contributed by atoms with van der Waals surface area (Å²) in [5.74, 6) is 0.726. The molecule has 0 aromatic carbocycles. The van der Waals surface area contributed by atoms with Crippen LogP contribution < -0.4 is 5.73 Å². The number of nitrogens with two attached hydrogens (primary N) is 1. The number of aromatic amines is 1. The van der Waals surface area contributed by atoms with Crippen LogP contribution in [0.25, 0.3) is 0 Å². The number of likely N-dealkylation sites (tertiary alicyclic amines) is 1. The van der Waals surface area contributed by atoms with E-state index in [0.29, 0.717) is 5.92 Å². The molecule has 1 aliphatic rings. The van der Waals surface area contributed by atoms with Crippen LogP contribution in [0.1, 0.15) is 23.5 Å². The zero-order valence-corrected chi connectivity index (χ0v) is 9.85. The number of rotatable bonds is 3. The van der Waals surface area contributed by atoms with E-state index in [-0.39, 0.29) is 17.7 Å². The Morgan fingerprint density at radius 1 is 1.59 bits per heavy atom. The predicted octanol–water partition coefficient (Wildman–Crippen LogP) is -0.114. The Labute approximate surface area is 99.3 Å². The summed E-state index contributed by atoms with van der Waals surface area (Å²) in [6.45, 7) is 2.22. The Bertz CT molecular complexity index is 384. The number of hydrogen-bond donors (Lipinski definition) is 2. The first-order valence-electron chi connectivity index (χ1n) is 5.66. The highest BCUT2D eigenvalue weighted by Gasteiger charge is 2.25. The monoisotopic (exact) mass is 239 g/mol. The fourth-order valence-corrected chi connectivity index (χ4v) is 2.06. The van der Waals surface area contributed by atoms with Crippen LogP contribution in [0.4, 0.5) is 5.95 Å². The third-order valence-corrected chi connectivity index (χ3v) is 3.01. The van der Waals surface area contributed by atoms with Gasteiger partial charge in [-0.2, -0.15) is 4.98 Å². The normalized spacial score (nSPS) is 17.4. The third-order valence-electron chi connectivity index (χ3n) is 3.01. The molecule has 0 aliphatic carbocycles. The molecule has 0 atom stereocenters. The summed E-state index contributed by atoms with van der Waals surface area (Å²) in [6, 6.07) is 0. The number of H-pyrrole nitrogens is 1. The summed E-state index contributed by atoms with van der Waals surface area (Å²) < 4.78 is 5.12. The quantitative estimate of drug-likeness (QED) is 0.766. The fourth-order valence-electron chi connectivity index (χ4n) is 2.06. The maximum Gasteiger partial charge on any atom is 0.291 e. The summed E-state index contributed by atoms with van der Waals surface area (Å²) in [5, 5.41) is 6.19. The lowest BCUT2D eigenvalue weighted by atomic mass is 9.98. The van der Waals surface area contributed by atoms with Crippen molar-refractivity contribution in [3.05, 3.63) is 5.82 Å². The molecule has 1 amide bonds. The molecule has 7 heteroatoms. The number of carbonyl (C=O) groups excluding carboxylic acids is 1. The lowest BCUT2D eigenvalue weighted by molar-refractivity contribution is 0.0603. The van der Waals surface area contributed by atoms with Crippen molar-refractivity contribution < 1.29 is 9.53 Å². The molecule has 1 aliphatic heterocycles. The van der Waals surface area contributed by atoms with Gasteiger partial charge in [0.1, 0.15) is 0 Å². The summed E-state index contributed by atoms with van der Waals surface area (Å²) >= 11 is 0. The Balaban J connectivity index is 1.90. The molecule has 2 rings (SSSR count). The molecule has 1 saturated heterocycles. The highest BCUT2D eigenvalue weighted by molar-refractivity contribution is 5.90. The molecule has 17 heavy (non-hydrogen) atoms. The number of methoxy groups -OCH3 is 1. The van der Waals surface area contributed by atoms with Gasteiger partial charge in [-0.15, -0.1) is 5.10 Å². The van der Waals surface area contributed by atoms with Gasteiger partial charge in [0.05, 0.1) is 0 Å². The van der Waals surface area contributed by atoms with Crippen LogP contribution in [0.5, 0.6) is 0 Å². The molecule has 0 bridgehead atoms. The minimum atomic E-state index is -0.134. The molecule has 0 saturated carbocycles. The minimum Gasteiger partial charge on any atom is -0.384 e. The number of nitrogens with one attached hydrogen (secondary N) is 1. The van der Waals surface area contributed by atoms with Crippen molar-refractivity contribution >= 4 is 11.9 Å². The second-order valence-corrected chi connectivity index (χ2v) is 4.23. The molecular weight excluding hydrogens is 222 g/mol. The van der Waals surface area contributed by atoms with E-state index in [9.17, 15) is 4.79 Å². The minimum absolute atomic E-state index is 0.0996. The van der Waals surface area contributed by atoms with Crippen LogP contribution in [0.15, 0.2) is 0 Å². The second kappa shape index (κ2) is 5.13. The summed E-state index contributed by atoms with van der Waals surface area (Å²) in [6.07, 6.45) is 1.92. The number of hydrogen-bond acceptors (Lipinski definition) is 5. The predicted molar refractivity (Wildman–Crippen MR) is 61.3 cm³/mol. The fraction of sp³-hybridized carbons (Fsp3) is 0.700. The Morgan fingerprint density at radius 2 is 2.29 bits per heavy atom. The molecule has 3 N–H and O–H groups in total. The van der Waals surface area contributed by atoms with Crippen molar-refractivity contribution in [3.63, 3.8) is 0 Å². The second-order valence-electron chi connectivity index (χ2n) is 4.23. The van der Waals surface area contributed by atoms with Crippen molar-refractivity contribution in [1.82, 2.24) is 20.1 Å². The standard InChI is InChI=1S/C10H17N5O2/c1-17-6-7-2-4-15(5-3-7)9(16)8-12-10(11)14-13-8/h7H,2-6H2,1H3,(H3,11,12,13,14). The van der Waals surface area contributed by atoms with E-state index >= 15 is 0 Å². The zero-order chi connectivity index (χ0) is 12.3. The van der Waals surface area contributed by atoms with Crippen LogP contribution in [0.3, 0.4) is 0 Å². The van der Waals surface area contributed by atoms with Crippen molar-refractivity contribution in [1.29, 1.82) is 0 Å². The molecule has 94 valence electrons. The molecule has 2 heterocycles. The molecule has 0 spiro atoms. The van der Waals surface area contributed by atoms with Gasteiger partial charge >= 0.3 is 0 Å². The molecular formula is C10H17N5O2. The molecule has 7 nitrogen and oxygen atoms in total. The Morgan fingerprint density at radius 3 is 2.82 bits per heavy atom. The molecule has 1 aromatic rings. The first-order chi connectivity index (χ1) is 8.20. The number of anilines is 1. The van der Waals surface area contributed by atoms with Gasteiger partial charge in [0, 0.05) is 26.8 Å². The van der Waals surface area contributed by atoms with Crippen molar-refractivity contribution in [2.24, 2.45) is 5.92 Å². The van der Waals surface area contributed by atoms with Gasteiger partial charge in [-0.25, -0.2) is 0 Å². The maximum absolute atomic E-state index is 12.0. The van der Waals surface area contributed by atoms with Gasteiger partial charge in [0.25, 0.3) is 5.91 Å². The van der Waals surface area contributed by atoms with Gasteiger partial charge in [-0.1, -0.05) is 0 Å². The molecule has 1 fully saturated rings. The van der Waals surface area contributed by atoms with E-state index in [0.717, 1.165) is 32.5 Å². The average molecular weight is 239 g/mol. The molecule has 0 unspecified atom stereocenters. The van der Waals surface area contributed by atoms with E-state index in [2.05, 4.69) is 15.2 Å². The number of nitrogens with zero attached hydrogens (tertiary/aromatic N) is 3. The maximum atomic E-state index is 12.0. The zero-order valence-electron chi connectivity index (χ0n) is 9.85. The Hall–Kier alpha value is -1.63. The average Bonchev–Trinajstić information content (AvgIpc) is 2.76. The lowest BCUT2D eigenvalue weighted by Gasteiger charge is -2.30. The first-order valence-corrected chi connectivity index (χ1v) is 5.66. The van der Waals surface area contributed by atoms with Gasteiger partial charge < -0.3 is 15.4 Å². The van der Waals surface area contributed by atoms with E-state index in [1.54, 1.807) is 12.0 Å². The van der Waals surface area contributed by atoms with Crippen LogP contribution >= 0.6 is 0 Å². The van der Waals surface area contributed by atoms with Crippen molar-refractivity contribution in [2.45, 2.75) is 12.8 Å². The summed E-state index contributed by atoms with van der Waals surface area (Å²) in [7, 11) is 1.70.